The van der Waals surface area contributed by atoms with Crippen LogP contribution in [-0.4, -0.2) is 46.5 Å². The number of hydrogen-bond acceptors (Lipinski definition) is 6. The molecule has 2 heterocycles. The van der Waals surface area contributed by atoms with E-state index in [1.165, 1.54) is 0 Å². The van der Waals surface area contributed by atoms with Crippen molar-refractivity contribution in [2.75, 3.05) is 12.5 Å². The second-order valence-corrected chi connectivity index (χ2v) is 7.90. The molecule has 2 atom stereocenters. The van der Waals surface area contributed by atoms with Gasteiger partial charge < -0.3 is 10.6 Å². The van der Waals surface area contributed by atoms with E-state index in [0.717, 1.165) is 23.5 Å². The normalized spacial score (nSPS) is 23.5. The third-order valence-corrected chi connectivity index (χ3v) is 5.85. The van der Waals surface area contributed by atoms with Crippen molar-refractivity contribution in [2.24, 2.45) is 21.8 Å². The fourth-order valence-corrected chi connectivity index (χ4v) is 4.14. The van der Waals surface area contributed by atoms with E-state index in [2.05, 4.69) is 20.6 Å². The van der Waals surface area contributed by atoms with Gasteiger partial charge in [0, 0.05) is 10.9 Å². The Kier molecular flexibility index (Phi) is 6.21. The van der Waals surface area contributed by atoms with E-state index in [9.17, 15) is 19.2 Å². The van der Waals surface area contributed by atoms with Crippen molar-refractivity contribution in [2.45, 2.75) is 5.92 Å². The maximum atomic E-state index is 12.7. The van der Waals surface area contributed by atoms with Gasteiger partial charge in [0.05, 0.1) is 0 Å². The molecule has 28 heavy (non-hydrogen) atoms. The largest absolute Gasteiger partial charge is 0.304 e. The molecule has 2 N–H and O–H groups in total. The van der Waals surface area contributed by atoms with Gasteiger partial charge in [-0.3, -0.25) is 19.2 Å². The molecule has 0 aliphatic carbocycles. The van der Waals surface area contributed by atoms with Gasteiger partial charge in [-0.2, -0.15) is 9.98 Å². The molecule has 2 unspecified atom stereocenters. The highest BCUT2D eigenvalue weighted by Crippen LogP contribution is 2.40. The number of amides is 4. The van der Waals surface area contributed by atoms with Gasteiger partial charge in [0.25, 0.3) is 11.8 Å². The lowest BCUT2D eigenvalue weighted by Gasteiger charge is -2.33. The Balaban J connectivity index is 2.14. The minimum atomic E-state index is -1.39. The number of hydrogen-bond donors (Lipinski definition) is 2. The number of aliphatic imine (C=N–C) groups is 2. The van der Waals surface area contributed by atoms with E-state index in [-0.39, 0.29) is 15.4 Å². The van der Waals surface area contributed by atoms with Crippen molar-refractivity contribution in [3.8, 4) is 0 Å². The quantitative estimate of drug-likeness (QED) is 0.689. The number of benzene rings is 1. The van der Waals surface area contributed by atoms with Crippen molar-refractivity contribution in [3.05, 3.63) is 34.9 Å². The van der Waals surface area contributed by atoms with Crippen LogP contribution in [0.5, 0.6) is 0 Å². The maximum absolute atomic E-state index is 12.7. The minimum Gasteiger partial charge on any atom is -0.304 e. The second kappa shape index (κ2) is 8.46. The van der Waals surface area contributed by atoms with Crippen LogP contribution in [0.15, 0.2) is 34.3 Å². The van der Waals surface area contributed by atoms with Crippen molar-refractivity contribution in [3.63, 3.8) is 0 Å². The molecule has 0 spiro atoms. The predicted octanol–water partition coefficient (Wildman–Crippen LogP) is 1.41. The van der Waals surface area contributed by atoms with E-state index in [1.54, 1.807) is 36.8 Å². The van der Waals surface area contributed by atoms with Gasteiger partial charge in [-0.25, -0.2) is 0 Å². The SMILES string of the molecule is CSC1=NC(=O)C(C(c2ccccc2Cl)C2C(=O)N=C(SC)NC2=O)C(=O)N1. The molecular formula is C17H15ClN4O4S2. The number of rotatable bonds is 3. The predicted molar refractivity (Wildman–Crippen MR) is 109 cm³/mol. The molecule has 2 aliphatic rings. The molecule has 0 saturated heterocycles. The van der Waals surface area contributed by atoms with Crippen LogP contribution >= 0.6 is 35.1 Å². The first kappa shape index (κ1) is 20.6. The smallest absolute Gasteiger partial charge is 0.261 e. The number of amidine groups is 2. The highest BCUT2D eigenvalue weighted by Gasteiger charge is 2.50. The molecule has 0 saturated carbocycles. The molecule has 8 nitrogen and oxygen atoms in total. The summed E-state index contributed by atoms with van der Waals surface area (Å²) >= 11 is 8.51. The van der Waals surface area contributed by atoms with Gasteiger partial charge >= 0.3 is 0 Å². The molecule has 0 aromatic heterocycles. The highest BCUT2D eigenvalue weighted by atomic mass is 35.5. The Morgan fingerprint density at radius 1 is 0.893 bits per heavy atom. The topological polar surface area (TPSA) is 117 Å². The zero-order valence-corrected chi connectivity index (χ0v) is 17.2. The van der Waals surface area contributed by atoms with Crippen LogP contribution in [0.1, 0.15) is 11.5 Å². The minimum absolute atomic E-state index is 0.159. The van der Waals surface area contributed by atoms with Crippen molar-refractivity contribution < 1.29 is 19.2 Å². The molecule has 11 heteroatoms. The molecule has 1 aromatic carbocycles. The van der Waals surface area contributed by atoms with Crippen molar-refractivity contribution in [1.82, 2.24) is 10.6 Å². The molecule has 0 radical (unpaired) electrons. The Labute approximate surface area is 174 Å². The summed E-state index contributed by atoms with van der Waals surface area (Å²) in [6, 6.07) is 6.46. The van der Waals surface area contributed by atoms with Crippen LogP contribution in [-0.2, 0) is 19.2 Å². The fraction of sp³-hybridized carbons (Fsp3) is 0.294. The second-order valence-electron chi connectivity index (χ2n) is 5.90. The first-order valence-electron chi connectivity index (χ1n) is 8.06. The van der Waals surface area contributed by atoms with Crippen LogP contribution < -0.4 is 10.6 Å². The summed E-state index contributed by atoms with van der Waals surface area (Å²) in [5, 5.41) is 5.61. The summed E-state index contributed by atoms with van der Waals surface area (Å²) in [5.74, 6) is -6.68. The molecule has 146 valence electrons. The van der Waals surface area contributed by atoms with Crippen LogP contribution in [0.3, 0.4) is 0 Å². The average molecular weight is 439 g/mol. The third-order valence-electron chi connectivity index (χ3n) is 4.35. The molecule has 1 aromatic rings. The van der Waals surface area contributed by atoms with E-state index in [0.29, 0.717) is 5.56 Å². The maximum Gasteiger partial charge on any atom is 0.261 e. The highest BCUT2D eigenvalue weighted by molar-refractivity contribution is 8.13. The molecule has 0 bridgehead atoms. The summed E-state index contributed by atoms with van der Waals surface area (Å²) in [7, 11) is 0. The molecular weight excluding hydrogens is 424 g/mol. The summed E-state index contributed by atoms with van der Waals surface area (Å²) in [6.07, 6.45) is 3.32. The number of halogens is 1. The standard InChI is InChI=1S/C17H15ClN4O4S2/c1-27-16-19-12(23)10(13(24)20-16)9(7-5-3-4-6-8(7)18)11-14(25)21-17(28-2)22-15(11)26/h3-6,9-11H,1-2H3,(H,19,20,23,24)(H,21,22,25,26). The molecule has 2 aliphatic heterocycles. The van der Waals surface area contributed by atoms with Gasteiger partial charge in [-0.1, -0.05) is 53.3 Å². The zero-order valence-electron chi connectivity index (χ0n) is 14.8. The number of thioether (sulfide) groups is 2. The van der Waals surface area contributed by atoms with Crippen LogP contribution in [0.25, 0.3) is 0 Å². The van der Waals surface area contributed by atoms with E-state index in [4.69, 9.17) is 11.6 Å². The number of carbonyl (C=O) groups excluding carboxylic acids is 4. The zero-order chi connectivity index (χ0) is 20.4. The van der Waals surface area contributed by atoms with E-state index < -0.39 is 41.4 Å². The summed E-state index contributed by atoms with van der Waals surface area (Å²) in [4.78, 5) is 58.6. The van der Waals surface area contributed by atoms with Gasteiger partial charge in [-0.05, 0) is 24.1 Å². The van der Waals surface area contributed by atoms with Crippen LogP contribution in [0.4, 0.5) is 0 Å². The van der Waals surface area contributed by atoms with Gasteiger partial charge in [0.1, 0.15) is 11.8 Å². The Bertz CT molecular complexity index is 881. The summed E-state index contributed by atoms with van der Waals surface area (Å²) in [6.45, 7) is 0. The van der Waals surface area contributed by atoms with E-state index in [1.807, 2.05) is 0 Å². The molecule has 3 rings (SSSR count). The van der Waals surface area contributed by atoms with Crippen molar-refractivity contribution >= 4 is 69.1 Å². The van der Waals surface area contributed by atoms with Crippen LogP contribution in [0.2, 0.25) is 5.02 Å². The summed E-state index contributed by atoms with van der Waals surface area (Å²) in [5.41, 5.74) is 0.330. The number of carbonyl (C=O) groups is 4. The fourth-order valence-electron chi connectivity index (χ4n) is 3.11. The number of nitrogens with one attached hydrogen (secondary N) is 2. The molecule has 4 amide bonds. The Hall–Kier alpha value is -2.17. The Morgan fingerprint density at radius 3 is 1.75 bits per heavy atom. The summed E-state index contributed by atoms with van der Waals surface area (Å²) < 4.78 is 0. The number of nitrogens with zero attached hydrogens (tertiary/aromatic N) is 2. The van der Waals surface area contributed by atoms with Crippen molar-refractivity contribution in [1.29, 1.82) is 0 Å². The third kappa shape index (κ3) is 3.85. The van der Waals surface area contributed by atoms with Crippen LogP contribution in [0, 0.1) is 11.8 Å². The lowest BCUT2D eigenvalue weighted by molar-refractivity contribution is -0.139. The van der Waals surface area contributed by atoms with E-state index >= 15 is 0 Å². The van der Waals surface area contributed by atoms with Gasteiger partial charge in [-0.15, -0.1) is 0 Å². The first-order chi connectivity index (χ1) is 13.4. The lowest BCUT2D eigenvalue weighted by Crippen LogP contribution is -2.52. The lowest BCUT2D eigenvalue weighted by atomic mass is 9.74. The monoisotopic (exact) mass is 438 g/mol. The first-order valence-corrected chi connectivity index (χ1v) is 10.9. The van der Waals surface area contributed by atoms with Gasteiger partial charge in [0.2, 0.25) is 11.8 Å². The van der Waals surface area contributed by atoms with Gasteiger partial charge in [0.15, 0.2) is 10.3 Å². The Morgan fingerprint density at radius 2 is 1.36 bits per heavy atom. The average Bonchev–Trinajstić information content (AvgIpc) is 2.65. The molecule has 0 fully saturated rings.